The molecule has 3 rings (SSSR count). The third-order valence-corrected chi connectivity index (χ3v) is 4.30. The number of aryl methyl sites for hydroxylation is 2. The molecule has 23 heavy (non-hydrogen) atoms. The van der Waals surface area contributed by atoms with Gasteiger partial charge in [0.05, 0.1) is 18.6 Å². The Hall–Kier alpha value is -2.35. The van der Waals surface area contributed by atoms with Crippen molar-refractivity contribution in [2.45, 2.75) is 25.5 Å². The van der Waals surface area contributed by atoms with Gasteiger partial charge in [-0.15, -0.1) is 10.2 Å². The van der Waals surface area contributed by atoms with E-state index < -0.39 is 0 Å². The smallest absolute Gasteiger partial charge is 0.233 e. The highest BCUT2D eigenvalue weighted by Crippen LogP contribution is 2.19. The van der Waals surface area contributed by atoms with Crippen LogP contribution in [0.4, 0.5) is 0 Å². The zero-order chi connectivity index (χ0) is 16.4. The fourth-order valence-corrected chi connectivity index (χ4v) is 3.18. The number of carbonyl (C=O) groups is 1. The molecule has 1 amide bonds. The second-order valence-electron chi connectivity index (χ2n) is 5.24. The summed E-state index contributed by atoms with van der Waals surface area (Å²) in [6.07, 6.45) is 1.60. The van der Waals surface area contributed by atoms with Crippen LogP contribution < -0.4 is 0 Å². The molecule has 0 unspecified atom stereocenters. The summed E-state index contributed by atoms with van der Waals surface area (Å²) in [5, 5.41) is 8.96. The van der Waals surface area contributed by atoms with Crippen LogP contribution in [0.15, 0.2) is 34.0 Å². The highest BCUT2D eigenvalue weighted by atomic mass is 32.2. The first kappa shape index (κ1) is 15.5. The second kappa shape index (κ2) is 6.41. The number of amides is 1. The van der Waals surface area contributed by atoms with Gasteiger partial charge in [-0.25, -0.2) is 4.98 Å². The topological polar surface area (TPSA) is 76.5 Å². The molecule has 8 heteroatoms. The zero-order valence-corrected chi connectivity index (χ0v) is 14.0. The lowest BCUT2D eigenvalue weighted by molar-refractivity contribution is -0.127. The van der Waals surface area contributed by atoms with E-state index in [-0.39, 0.29) is 11.7 Å². The Morgan fingerprint density at radius 3 is 2.96 bits per heavy atom. The molecule has 120 valence electrons. The Morgan fingerprint density at radius 2 is 2.22 bits per heavy atom. The zero-order valence-electron chi connectivity index (χ0n) is 13.2. The monoisotopic (exact) mass is 331 g/mol. The number of fused-ring (bicyclic) bond motifs is 1. The summed E-state index contributed by atoms with van der Waals surface area (Å²) in [6, 6.07) is 5.53. The average Bonchev–Trinajstić information content (AvgIpc) is 3.14. The van der Waals surface area contributed by atoms with Crippen LogP contribution in [0, 0.1) is 13.8 Å². The fraction of sp³-hybridized carbons (Fsp3) is 0.333. The summed E-state index contributed by atoms with van der Waals surface area (Å²) in [4.78, 5) is 18.3. The molecule has 3 heterocycles. The summed E-state index contributed by atoms with van der Waals surface area (Å²) in [7, 11) is 1.75. The van der Waals surface area contributed by atoms with Crippen LogP contribution in [0.2, 0.25) is 0 Å². The standard InChI is InChI=1S/C15H17N5O2S/c1-10-7-13-17-18-15(20(13)11(2)16-10)23-9-14(21)19(3)8-12-5-4-6-22-12/h4-7H,8-9H2,1-3H3. The third-order valence-electron chi connectivity index (χ3n) is 3.38. The lowest BCUT2D eigenvalue weighted by Crippen LogP contribution is -2.27. The molecule has 0 atom stereocenters. The number of aromatic nitrogens is 4. The van der Waals surface area contributed by atoms with E-state index in [2.05, 4.69) is 15.2 Å². The Morgan fingerprint density at radius 1 is 1.39 bits per heavy atom. The van der Waals surface area contributed by atoms with Crippen molar-refractivity contribution in [2.75, 3.05) is 12.8 Å². The van der Waals surface area contributed by atoms with E-state index in [0.717, 1.165) is 22.9 Å². The van der Waals surface area contributed by atoms with Crippen LogP contribution in [0.5, 0.6) is 0 Å². The lowest BCUT2D eigenvalue weighted by atomic mass is 10.4. The molecule has 0 N–H and O–H groups in total. The van der Waals surface area contributed by atoms with E-state index >= 15 is 0 Å². The van der Waals surface area contributed by atoms with Gasteiger partial charge in [0.25, 0.3) is 0 Å². The van der Waals surface area contributed by atoms with E-state index in [4.69, 9.17) is 4.42 Å². The highest BCUT2D eigenvalue weighted by molar-refractivity contribution is 7.99. The number of furan rings is 1. The molecule has 0 saturated carbocycles. The molecule has 0 radical (unpaired) electrons. The van der Waals surface area contributed by atoms with Gasteiger partial charge in [0, 0.05) is 18.8 Å². The molecular weight excluding hydrogens is 314 g/mol. The minimum Gasteiger partial charge on any atom is -0.467 e. The molecule has 0 aliphatic rings. The van der Waals surface area contributed by atoms with Crippen molar-refractivity contribution >= 4 is 23.3 Å². The van der Waals surface area contributed by atoms with Crippen molar-refractivity contribution < 1.29 is 9.21 Å². The molecule has 3 aromatic heterocycles. The van der Waals surface area contributed by atoms with Crippen molar-refractivity contribution in [2.24, 2.45) is 0 Å². The molecule has 7 nitrogen and oxygen atoms in total. The first-order valence-electron chi connectivity index (χ1n) is 7.13. The summed E-state index contributed by atoms with van der Waals surface area (Å²) in [5.74, 6) is 1.85. The number of hydrogen-bond donors (Lipinski definition) is 0. The van der Waals surface area contributed by atoms with Crippen LogP contribution in [0.3, 0.4) is 0 Å². The predicted octanol–water partition coefficient (Wildman–Crippen LogP) is 2.08. The minimum absolute atomic E-state index is 0.000809. The van der Waals surface area contributed by atoms with E-state index in [1.807, 2.05) is 36.4 Å². The molecule has 0 fully saturated rings. The van der Waals surface area contributed by atoms with Gasteiger partial charge >= 0.3 is 0 Å². The van der Waals surface area contributed by atoms with Crippen molar-refractivity contribution in [3.63, 3.8) is 0 Å². The lowest BCUT2D eigenvalue weighted by Gasteiger charge is -2.15. The van der Waals surface area contributed by atoms with Gasteiger partial charge in [0.15, 0.2) is 10.8 Å². The van der Waals surface area contributed by atoms with Crippen molar-refractivity contribution in [1.82, 2.24) is 24.5 Å². The summed E-state index contributed by atoms with van der Waals surface area (Å²) in [5.41, 5.74) is 1.64. The Bertz CT molecular complexity index is 828. The van der Waals surface area contributed by atoms with Crippen LogP contribution in [0.25, 0.3) is 5.65 Å². The number of hydrogen-bond acceptors (Lipinski definition) is 6. The fourth-order valence-electron chi connectivity index (χ4n) is 2.26. The summed E-state index contributed by atoms with van der Waals surface area (Å²) >= 11 is 1.35. The predicted molar refractivity (Wildman–Crippen MR) is 86.2 cm³/mol. The molecule has 0 bridgehead atoms. The highest BCUT2D eigenvalue weighted by Gasteiger charge is 2.15. The maximum atomic E-state index is 12.2. The average molecular weight is 331 g/mol. The number of rotatable bonds is 5. The number of nitrogens with zero attached hydrogens (tertiary/aromatic N) is 5. The van der Waals surface area contributed by atoms with E-state index in [1.165, 1.54) is 11.8 Å². The van der Waals surface area contributed by atoms with Crippen LogP contribution >= 0.6 is 11.8 Å². The summed E-state index contributed by atoms with van der Waals surface area (Å²) < 4.78 is 7.11. The molecule has 0 aromatic carbocycles. The SMILES string of the molecule is Cc1cc2nnc(SCC(=O)N(C)Cc3ccco3)n2c(C)n1. The Kier molecular flexibility index (Phi) is 4.33. The van der Waals surface area contributed by atoms with Gasteiger partial charge in [-0.1, -0.05) is 11.8 Å². The molecule has 0 spiro atoms. The van der Waals surface area contributed by atoms with Gasteiger partial charge < -0.3 is 9.32 Å². The Labute approximate surface area is 137 Å². The number of thioether (sulfide) groups is 1. The largest absolute Gasteiger partial charge is 0.467 e. The molecule has 3 aromatic rings. The van der Waals surface area contributed by atoms with Gasteiger partial charge in [-0.3, -0.25) is 9.20 Å². The maximum Gasteiger partial charge on any atom is 0.233 e. The van der Waals surface area contributed by atoms with Gasteiger partial charge in [0.2, 0.25) is 5.91 Å². The molecule has 0 aliphatic carbocycles. The first-order chi connectivity index (χ1) is 11.0. The van der Waals surface area contributed by atoms with Crippen molar-refractivity contribution in [3.05, 3.63) is 41.7 Å². The molecular formula is C15H17N5O2S. The normalized spacial score (nSPS) is 11.1. The third kappa shape index (κ3) is 3.37. The van der Waals surface area contributed by atoms with Crippen LogP contribution in [0.1, 0.15) is 17.3 Å². The maximum absolute atomic E-state index is 12.2. The van der Waals surface area contributed by atoms with Crippen molar-refractivity contribution in [3.8, 4) is 0 Å². The van der Waals surface area contributed by atoms with Crippen LogP contribution in [-0.2, 0) is 11.3 Å². The van der Waals surface area contributed by atoms with E-state index in [9.17, 15) is 4.79 Å². The van der Waals surface area contributed by atoms with E-state index in [1.54, 1.807) is 18.2 Å². The van der Waals surface area contributed by atoms with Crippen molar-refractivity contribution in [1.29, 1.82) is 0 Å². The summed E-state index contributed by atoms with van der Waals surface area (Å²) in [6.45, 7) is 4.27. The van der Waals surface area contributed by atoms with E-state index in [0.29, 0.717) is 11.7 Å². The van der Waals surface area contributed by atoms with Gasteiger partial charge in [-0.05, 0) is 26.0 Å². The first-order valence-corrected chi connectivity index (χ1v) is 8.11. The van der Waals surface area contributed by atoms with Crippen LogP contribution in [-0.4, -0.2) is 43.2 Å². The second-order valence-corrected chi connectivity index (χ2v) is 6.18. The quantitative estimate of drug-likeness (QED) is 0.666. The Balaban J connectivity index is 1.67. The molecule has 0 saturated heterocycles. The van der Waals surface area contributed by atoms with Gasteiger partial charge in [-0.2, -0.15) is 0 Å². The molecule has 0 aliphatic heterocycles. The number of carbonyl (C=O) groups excluding carboxylic acids is 1. The minimum atomic E-state index is 0.000809. The van der Waals surface area contributed by atoms with Gasteiger partial charge in [0.1, 0.15) is 11.6 Å².